The molecule has 2 heterocycles. The van der Waals surface area contributed by atoms with Crippen LogP contribution in [0.25, 0.3) is 10.6 Å². The van der Waals surface area contributed by atoms with Crippen LogP contribution < -0.4 is 14.3 Å². The Morgan fingerprint density at radius 2 is 1.91 bits per heavy atom. The van der Waals surface area contributed by atoms with Gasteiger partial charge in [-0.1, -0.05) is 0 Å². The van der Waals surface area contributed by atoms with E-state index in [2.05, 4.69) is 20.3 Å². The Balaban J connectivity index is 1.88. The summed E-state index contributed by atoms with van der Waals surface area (Å²) in [6.07, 6.45) is 1.77. The Labute approximate surface area is 138 Å². The molecule has 0 fully saturated rings. The summed E-state index contributed by atoms with van der Waals surface area (Å²) in [7, 11) is 1.85. The zero-order valence-electron chi connectivity index (χ0n) is 12.0. The molecular formula is C15H13AsFN4S. The average Bonchev–Trinajstić information content (AvgIpc) is 2.91. The number of nitrogens with one attached hydrogen (secondary N) is 1. The summed E-state index contributed by atoms with van der Waals surface area (Å²) in [5.41, 5.74) is 1.84. The first kappa shape index (κ1) is 15.1. The second-order valence-electron chi connectivity index (χ2n) is 4.51. The molecular weight excluding hydrogens is 362 g/mol. The molecule has 4 nitrogen and oxygen atoms in total. The van der Waals surface area contributed by atoms with E-state index in [4.69, 9.17) is 0 Å². The van der Waals surface area contributed by atoms with Crippen molar-refractivity contribution < 1.29 is 4.39 Å². The third-order valence-electron chi connectivity index (χ3n) is 2.94. The third kappa shape index (κ3) is 3.34. The van der Waals surface area contributed by atoms with E-state index in [0.29, 0.717) is 0 Å². The van der Waals surface area contributed by atoms with Gasteiger partial charge in [-0.25, -0.2) is 0 Å². The van der Waals surface area contributed by atoms with E-state index in [9.17, 15) is 4.39 Å². The number of thiazole rings is 1. The second kappa shape index (κ2) is 6.55. The Hall–Kier alpha value is -1.78. The maximum absolute atomic E-state index is 13.0. The number of rotatable bonds is 4. The first-order valence-corrected chi connectivity index (χ1v) is 9.31. The summed E-state index contributed by atoms with van der Waals surface area (Å²) < 4.78 is 14.8. The Kier molecular flexibility index (Phi) is 4.50. The molecule has 22 heavy (non-hydrogen) atoms. The van der Waals surface area contributed by atoms with Crippen LogP contribution in [0.15, 0.2) is 36.5 Å². The predicted molar refractivity (Wildman–Crippen MR) is 88.8 cm³/mol. The number of hydrogen-bond acceptors (Lipinski definition) is 5. The molecule has 3 aromatic rings. The van der Waals surface area contributed by atoms with Gasteiger partial charge in [-0.15, -0.1) is 0 Å². The minimum atomic E-state index is -0.358. The summed E-state index contributed by atoms with van der Waals surface area (Å²) in [4.78, 5) is 14.5. The van der Waals surface area contributed by atoms with Crippen LogP contribution in [0.5, 0.6) is 0 Å². The van der Waals surface area contributed by atoms with Gasteiger partial charge in [-0.3, -0.25) is 0 Å². The fraction of sp³-hybridized carbons (Fsp3) is 0.133. The molecule has 2 aromatic heterocycles. The van der Waals surface area contributed by atoms with Gasteiger partial charge >= 0.3 is 138 Å². The molecule has 1 radical (unpaired) electrons. The Morgan fingerprint density at radius 3 is 2.59 bits per heavy atom. The van der Waals surface area contributed by atoms with Crippen molar-refractivity contribution in [2.75, 3.05) is 12.4 Å². The normalized spacial score (nSPS) is 11.2. The van der Waals surface area contributed by atoms with Crippen LogP contribution in [0.2, 0.25) is 0 Å². The van der Waals surface area contributed by atoms with Gasteiger partial charge in [0.25, 0.3) is 0 Å². The van der Waals surface area contributed by atoms with Crippen molar-refractivity contribution in [3.63, 3.8) is 0 Å². The van der Waals surface area contributed by atoms with E-state index in [1.807, 2.05) is 20.0 Å². The van der Waals surface area contributed by atoms with E-state index < -0.39 is 0 Å². The molecule has 0 aliphatic heterocycles. The molecule has 0 spiro atoms. The molecule has 111 valence electrons. The van der Waals surface area contributed by atoms with Crippen LogP contribution in [-0.2, 0) is 0 Å². The van der Waals surface area contributed by atoms with Crippen molar-refractivity contribution in [1.82, 2.24) is 15.0 Å². The number of anilines is 1. The second-order valence-corrected chi connectivity index (χ2v) is 7.90. The average molecular weight is 375 g/mol. The molecule has 0 bridgehead atoms. The van der Waals surface area contributed by atoms with Gasteiger partial charge in [0.15, 0.2) is 0 Å². The summed E-state index contributed by atoms with van der Waals surface area (Å²) in [6, 6.07) is 8.43. The molecule has 0 unspecified atom stereocenters. The van der Waals surface area contributed by atoms with Crippen LogP contribution in [0.3, 0.4) is 0 Å². The fourth-order valence-electron chi connectivity index (χ4n) is 1.90. The number of aromatic nitrogens is 3. The van der Waals surface area contributed by atoms with E-state index in [1.165, 1.54) is 12.1 Å². The van der Waals surface area contributed by atoms with Gasteiger partial charge in [-0.05, 0) is 0 Å². The predicted octanol–water partition coefficient (Wildman–Crippen LogP) is 1.74. The van der Waals surface area contributed by atoms with E-state index in [1.54, 1.807) is 29.7 Å². The van der Waals surface area contributed by atoms with Crippen LogP contribution in [0.4, 0.5) is 9.52 Å². The van der Waals surface area contributed by atoms with Gasteiger partial charge in [-0.2, -0.15) is 0 Å². The van der Waals surface area contributed by atoms with E-state index in [-0.39, 0.29) is 21.6 Å². The first-order chi connectivity index (χ1) is 10.7. The third-order valence-corrected chi connectivity index (χ3v) is 6.18. The zero-order chi connectivity index (χ0) is 15.5. The van der Waals surface area contributed by atoms with Gasteiger partial charge in [0.1, 0.15) is 0 Å². The Morgan fingerprint density at radius 1 is 1.14 bits per heavy atom. The van der Waals surface area contributed by atoms with Gasteiger partial charge in [0.2, 0.25) is 0 Å². The molecule has 0 atom stereocenters. The van der Waals surface area contributed by atoms with Crippen LogP contribution in [-0.4, -0.2) is 37.8 Å². The summed E-state index contributed by atoms with van der Waals surface area (Å²) >= 11 is 1.22. The summed E-state index contributed by atoms with van der Waals surface area (Å²) in [6.45, 7) is 1.97. The minimum absolute atomic E-state index is 0.223. The van der Waals surface area contributed by atoms with Crippen molar-refractivity contribution >= 4 is 41.2 Å². The van der Waals surface area contributed by atoms with Gasteiger partial charge < -0.3 is 0 Å². The molecule has 0 saturated carbocycles. The monoisotopic (exact) mass is 375 g/mol. The fourth-order valence-corrected chi connectivity index (χ4v) is 4.49. The molecule has 0 aliphatic rings. The van der Waals surface area contributed by atoms with Crippen molar-refractivity contribution in [2.45, 2.75) is 6.92 Å². The molecule has 3 rings (SSSR count). The van der Waals surface area contributed by atoms with Crippen molar-refractivity contribution in [1.29, 1.82) is 0 Å². The first-order valence-electron chi connectivity index (χ1n) is 6.61. The molecule has 1 N–H and O–H groups in total. The van der Waals surface area contributed by atoms with Crippen molar-refractivity contribution in [2.24, 2.45) is 0 Å². The SMILES string of the molecule is CNc1nc(C)c(-c2ccnc([As]c3ccc(F)cc3)n2)s1. The van der Waals surface area contributed by atoms with E-state index in [0.717, 1.165) is 30.4 Å². The summed E-state index contributed by atoms with van der Waals surface area (Å²) in [5, 5.41) is 3.93. The number of nitrogens with zero attached hydrogens (tertiary/aromatic N) is 3. The Bertz CT molecular complexity index is 788. The summed E-state index contributed by atoms with van der Waals surface area (Å²) in [5.74, 6) is -0.223. The molecule has 7 heteroatoms. The van der Waals surface area contributed by atoms with Gasteiger partial charge in [0, 0.05) is 0 Å². The quantitative estimate of drug-likeness (QED) is 0.706. The number of benzene rings is 1. The van der Waals surface area contributed by atoms with Crippen LogP contribution >= 0.6 is 11.3 Å². The zero-order valence-corrected chi connectivity index (χ0v) is 14.7. The van der Waals surface area contributed by atoms with Crippen LogP contribution in [0, 0.1) is 12.7 Å². The van der Waals surface area contributed by atoms with Crippen molar-refractivity contribution in [3.05, 3.63) is 48.0 Å². The standard InChI is InChI=1S/C15H13AsFN4S/c1-9-13(22-15(18-2)20-9)12-7-8-19-14(21-12)16-10-3-5-11(17)6-4-10/h3-8H,1-2H3,(H,18,20). The molecule has 1 aromatic carbocycles. The van der Waals surface area contributed by atoms with Gasteiger partial charge in [0.05, 0.1) is 0 Å². The molecule has 0 amide bonds. The van der Waals surface area contributed by atoms with Crippen LogP contribution in [0.1, 0.15) is 5.69 Å². The molecule has 0 saturated heterocycles. The number of aryl methyl sites for hydroxylation is 1. The van der Waals surface area contributed by atoms with E-state index >= 15 is 0 Å². The number of hydrogen-bond donors (Lipinski definition) is 1. The topological polar surface area (TPSA) is 50.7 Å². The molecule has 0 aliphatic carbocycles. The maximum atomic E-state index is 13.0. The number of halogens is 1. The van der Waals surface area contributed by atoms with Crippen molar-refractivity contribution in [3.8, 4) is 10.6 Å².